The van der Waals surface area contributed by atoms with Crippen molar-refractivity contribution in [1.82, 2.24) is 4.31 Å². The number of unbranched alkanes of at least 4 members (excludes halogenated alkanes) is 1. The third-order valence-electron chi connectivity index (χ3n) is 6.95. The molecule has 1 N–H and O–H groups in total. The Hall–Kier alpha value is -2.28. The minimum absolute atomic E-state index is 0.0371. The molecule has 0 fully saturated rings. The number of methoxy groups -OCH3 is 1. The summed E-state index contributed by atoms with van der Waals surface area (Å²) < 4.78 is 7.96. The third kappa shape index (κ3) is 5.60. The topological polar surface area (TPSA) is 35.9 Å². The van der Waals surface area contributed by atoms with Gasteiger partial charge in [0, 0.05) is 24.3 Å². The Bertz CT molecular complexity index is 1110. The van der Waals surface area contributed by atoms with Crippen LogP contribution in [0.5, 0.6) is 11.5 Å². The number of anilines is 2. The molecule has 0 saturated heterocycles. The van der Waals surface area contributed by atoms with Crippen molar-refractivity contribution in [3.8, 4) is 11.5 Å². The van der Waals surface area contributed by atoms with Gasteiger partial charge in [0.25, 0.3) is 0 Å². The van der Waals surface area contributed by atoms with Crippen molar-refractivity contribution in [1.29, 1.82) is 0 Å². The maximum Gasteiger partial charge on any atom is 0.130 e. The fourth-order valence-corrected chi connectivity index (χ4v) is 6.62. The number of rotatable bonds is 9. The molecule has 3 aromatic carbocycles. The first-order valence-electron chi connectivity index (χ1n) is 12.4. The summed E-state index contributed by atoms with van der Waals surface area (Å²) in [5, 5.41) is 10.8. The predicted molar refractivity (Wildman–Crippen MR) is 150 cm³/mol. The molecule has 0 aliphatic carbocycles. The van der Waals surface area contributed by atoms with E-state index in [0.717, 1.165) is 47.2 Å². The van der Waals surface area contributed by atoms with Gasteiger partial charge in [-0.05, 0) is 73.0 Å². The normalized spacial score (nSPS) is 18.2. The number of fused-ring (bicyclic) bond motifs is 1. The monoisotopic (exact) mass is 508 g/mol. The number of benzene rings is 3. The summed E-state index contributed by atoms with van der Waals surface area (Å²) in [4.78, 5) is 4.46. The van der Waals surface area contributed by atoms with Crippen LogP contribution >= 0.6 is 23.7 Å². The first-order valence-corrected chi connectivity index (χ1v) is 14.4. The Labute approximate surface area is 218 Å². The Kier molecular flexibility index (Phi) is 8.58. The van der Waals surface area contributed by atoms with Gasteiger partial charge in [0.2, 0.25) is 0 Å². The number of nitrogens with zero attached hydrogens (tertiary/aromatic N) is 2. The van der Waals surface area contributed by atoms with Crippen molar-refractivity contribution < 1.29 is 9.84 Å². The van der Waals surface area contributed by atoms with Crippen molar-refractivity contribution in [2.24, 2.45) is 0 Å². The number of phenols is 1. The van der Waals surface area contributed by atoms with Gasteiger partial charge in [0.15, 0.2) is 0 Å². The maximum atomic E-state index is 10.8. The summed E-state index contributed by atoms with van der Waals surface area (Å²) in [6.45, 7) is 6.30. The number of hydrogen-bond acceptors (Lipinski definition) is 6. The summed E-state index contributed by atoms with van der Waals surface area (Å²) in [7, 11) is 1.71. The molecule has 0 radical (unpaired) electrons. The molecule has 6 heteroatoms. The van der Waals surface area contributed by atoms with Crippen molar-refractivity contribution in [2.45, 2.75) is 61.4 Å². The van der Waals surface area contributed by atoms with E-state index in [-0.39, 0.29) is 5.54 Å². The Morgan fingerprint density at radius 2 is 1.80 bits per heavy atom. The number of aromatic hydroxyl groups is 1. The van der Waals surface area contributed by atoms with Crippen LogP contribution in [-0.4, -0.2) is 34.9 Å². The number of ether oxygens (including phenoxy) is 1. The van der Waals surface area contributed by atoms with E-state index in [4.69, 9.17) is 4.74 Å². The number of hydrogen-bond donors (Lipinski definition) is 1. The smallest absolute Gasteiger partial charge is 0.130 e. The second kappa shape index (κ2) is 11.6. The van der Waals surface area contributed by atoms with Gasteiger partial charge >= 0.3 is 0 Å². The molecule has 1 aliphatic heterocycles. The van der Waals surface area contributed by atoms with Gasteiger partial charge in [-0.1, -0.05) is 57.0 Å². The molecule has 1 aliphatic rings. The largest absolute Gasteiger partial charge is 0.507 e. The van der Waals surface area contributed by atoms with Gasteiger partial charge in [-0.2, -0.15) is 0 Å². The number of para-hydroxylation sites is 1. The molecule has 186 valence electrons. The second-order valence-electron chi connectivity index (χ2n) is 9.07. The average molecular weight is 509 g/mol. The zero-order chi connectivity index (χ0) is 24.8. The summed E-state index contributed by atoms with van der Waals surface area (Å²) in [5.74, 6) is 1.22. The molecule has 0 bridgehead atoms. The van der Waals surface area contributed by atoms with Crippen LogP contribution in [0.3, 0.4) is 0 Å². The van der Waals surface area contributed by atoms with Gasteiger partial charge < -0.3 is 14.7 Å². The van der Waals surface area contributed by atoms with Crippen LogP contribution in [-0.2, 0) is 6.54 Å². The van der Waals surface area contributed by atoms with Crippen LogP contribution in [0.25, 0.3) is 0 Å². The minimum atomic E-state index is -0.0371. The molecule has 35 heavy (non-hydrogen) atoms. The summed E-state index contributed by atoms with van der Waals surface area (Å²) in [6, 6.07) is 23.2. The zero-order valence-corrected chi connectivity index (χ0v) is 22.8. The van der Waals surface area contributed by atoms with Crippen molar-refractivity contribution in [3.05, 3.63) is 72.3 Å². The third-order valence-corrected chi connectivity index (χ3v) is 8.98. The molecular weight excluding hydrogens is 472 g/mol. The standard InChI is InChI=1S/C29H36N2O2S2/c1-5-7-17-29(6-2)21-30(23-11-9-8-10-12-23)25-18-28(34-4)26(32)19-27(25)35-31(29)20-22-13-15-24(33-3)16-14-22/h8-16,18-19,32H,5-7,17,20-21H2,1-4H3. The lowest BCUT2D eigenvalue weighted by Crippen LogP contribution is -2.50. The Morgan fingerprint density at radius 3 is 2.43 bits per heavy atom. The highest BCUT2D eigenvalue weighted by Crippen LogP contribution is 2.50. The average Bonchev–Trinajstić information content (AvgIpc) is 3.02. The summed E-state index contributed by atoms with van der Waals surface area (Å²) >= 11 is 3.37. The van der Waals surface area contributed by atoms with Gasteiger partial charge in [0.1, 0.15) is 11.5 Å². The van der Waals surface area contributed by atoms with E-state index in [2.05, 4.69) is 71.6 Å². The lowest BCUT2D eigenvalue weighted by molar-refractivity contribution is 0.178. The fraction of sp³-hybridized carbons (Fsp3) is 0.379. The van der Waals surface area contributed by atoms with Gasteiger partial charge in [-0.15, -0.1) is 11.8 Å². The highest BCUT2D eigenvalue weighted by molar-refractivity contribution is 7.98. The van der Waals surface area contributed by atoms with Gasteiger partial charge in [0.05, 0.1) is 22.6 Å². The van der Waals surface area contributed by atoms with Crippen LogP contribution in [0.4, 0.5) is 11.4 Å². The molecule has 3 aromatic rings. The molecular formula is C29H36N2O2S2. The lowest BCUT2D eigenvalue weighted by Gasteiger charge is -2.44. The summed E-state index contributed by atoms with van der Waals surface area (Å²) in [5.41, 5.74) is 3.57. The molecule has 0 amide bonds. The maximum absolute atomic E-state index is 10.8. The highest BCUT2D eigenvalue weighted by atomic mass is 32.2. The minimum Gasteiger partial charge on any atom is -0.507 e. The van der Waals surface area contributed by atoms with Crippen LogP contribution < -0.4 is 9.64 Å². The molecule has 0 saturated carbocycles. The molecule has 0 aromatic heterocycles. The first kappa shape index (κ1) is 25.8. The van der Waals surface area contributed by atoms with Gasteiger partial charge in [-0.25, -0.2) is 4.31 Å². The Balaban J connectivity index is 1.84. The second-order valence-corrected chi connectivity index (χ2v) is 11.0. The van der Waals surface area contributed by atoms with E-state index >= 15 is 0 Å². The van der Waals surface area contributed by atoms with Crippen LogP contribution in [0.15, 0.2) is 76.5 Å². The zero-order valence-electron chi connectivity index (χ0n) is 21.2. The lowest BCUT2D eigenvalue weighted by atomic mass is 9.88. The molecule has 4 rings (SSSR count). The van der Waals surface area contributed by atoms with Gasteiger partial charge in [-0.3, -0.25) is 0 Å². The Morgan fingerprint density at radius 1 is 1.06 bits per heavy atom. The number of thioether (sulfide) groups is 1. The molecule has 4 nitrogen and oxygen atoms in total. The van der Waals surface area contributed by atoms with E-state index in [1.54, 1.807) is 30.8 Å². The van der Waals surface area contributed by atoms with Crippen molar-refractivity contribution in [3.63, 3.8) is 0 Å². The van der Waals surface area contributed by atoms with E-state index in [1.165, 1.54) is 24.1 Å². The summed E-state index contributed by atoms with van der Waals surface area (Å²) in [6.07, 6.45) is 6.51. The molecule has 1 unspecified atom stereocenters. The van der Waals surface area contributed by atoms with E-state index in [1.807, 2.05) is 24.5 Å². The van der Waals surface area contributed by atoms with E-state index in [9.17, 15) is 5.11 Å². The van der Waals surface area contributed by atoms with E-state index < -0.39 is 0 Å². The molecule has 0 spiro atoms. The molecule has 1 atom stereocenters. The molecule has 1 heterocycles. The van der Waals surface area contributed by atoms with Crippen molar-refractivity contribution >= 4 is 35.1 Å². The van der Waals surface area contributed by atoms with Crippen LogP contribution in [0.2, 0.25) is 0 Å². The number of phenolic OH excluding ortho intramolecular Hbond substituents is 1. The van der Waals surface area contributed by atoms with Crippen molar-refractivity contribution in [2.75, 3.05) is 24.8 Å². The predicted octanol–water partition coefficient (Wildman–Crippen LogP) is 8.12. The quantitative estimate of drug-likeness (QED) is 0.232. The fourth-order valence-electron chi connectivity index (χ4n) is 4.77. The highest BCUT2D eigenvalue weighted by Gasteiger charge is 2.41. The SMILES string of the molecule is CCCCC1(CC)CN(c2ccccc2)c2cc(SC)c(O)cc2SN1Cc1ccc(OC)cc1. The van der Waals surface area contributed by atoms with Crippen LogP contribution in [0.1, 0.15) is 45.1 Å². The van der Waals surface area contributed by atoms with E-state index in [0.29, 0.717) is 5.75 Å². The van der Waals surface area contributed by atoms with Crippen LogP contribution in [0, 0.1) is 0 Å². The first-order chi connectivity index (χ1) is 17.0.